The standard InChI is InChI=1S/C32H32N2O3.C2HF3O2/c35-30(27-7-2-1-3-8-27)20-34-32(36)19-23-10-14-26(15-11-23)29-16-17-33-21-31(29)37-22-24-12-13-25-6-4-5-9-28(25)18-24;3-2(4,5)1(6)7/h1-15,18,29,31,33H,16-17,19-22H2,(H,34,36);(H,6,7). The predicted octanol–water partition coefficient (Wildman–Crippen LogP) is 5.68. The second-order valence-corrected chi connectivity index (χ2v) is 10.4. The zero-order valence-corrected chi connectivity index (χ0v) is 23.8. The number of piperidine rings is 1. The molecule has 0 bridgehead atoms. The molecule has 2 unspecified atom stereocenters. The molecule has 0 radical (unpaired) electrons. The summed E-state index contributed by atoms with van der Waals surface area (Å²) in [5.74, 6) is -2.71. The van der Waals surface area contributed by atoms with Gasteiger partial charge in [-0.2, -0.15) is 13.2 Å². The van der Waals surface area contributed by atoms with Gasteiger partial charge in [0.25, 0.3) is 0 Å². The van der Waals surface area contributed by atoms with Crippen molar-refractivity contribution in [2.45, 2.75) is 37.6 Å². The summed E-state index contributed by atoms with van der Waals surface area (Å²) < 4.78 is 38.1. The van der Waals surface area contributed by atoms with Crippen LogP contribution in [0.1, 0.15) is 39.4 Å². The molecule has 4 aromatic rings. The number of alkyl halides is 3. The second-order valence-electron chi connectivity index (χ2n) is 10.4. The highest BCUT2D eigenvalue weighted by molar-refractivity contribution is 5.99. The first-order chi connectivity index (χ1) is 21.1. The molecule has 7 nitrogen and oxygen atoms in total. The average molecular weight is 607 g/mol. The van der Waals surface area contributed by atoms with Crippen LogP contribution in [-0.4, -0.2) is 54.7 Å². The van der Waals surface area contributed by atoms with E-state index in [-0.39, 0.29) is 30.8 Å². The lowest BCUT2D eigenvalue weighted by atomic mass is 9.87. The first-order valence-corrected chi connectivity index (χ1v) is 14.1. The Hall–Kier alpha value is -4.54. The maximum absolute atomic E-state index is 12.4. The van der Waals surface area contributed by atoms with Crippen LogP contribution >= 0.6 is 0 Å². The van der Waals surface area contributed by atoms with E-state index < -0.39 is 12.1 Å². The lowest BCUT2D eigenvalue weighted by Gasteiger charge is -2.32. The van der Waals surface area contributed by atoms with E-state index in [2.05, 4.69) is 65.2 Å². The van der Waals surface area contributed by atoms with Gasteiger partial charge < -0.3 is 20.5 Å². The molecule has 0 aliphatic carbocycles. The molecule has 4 aromatic carbocycles. The van der Waals surface area contributed by atoms with Crippen molar-refractivity contribution in [3.05, 3.63) is 119 Å². The van der Waals surface area contributed by atoms with Crippen LogP contribution in [0.25, 0.3) is 10.8 Å². The number of carbonyl (C=O) groups excluding carboxylic acids is 2. The maximum Gasteiger partial charge on any atom is 0.490 e. The number of carbonyl (C=O) groups is 3. The third-order valence-electron chi connectivity index (χ3n) is 7.26. The van der Waals surface area contributed by atoms with Crippen molar-refractivity contribution >= 4 is 28.4 Å². The van der Waals surface area contributed by atoms with Crippen LogP contribution < -0.4 is 10.6 Å². The van der Waals surface area contributed by atoms with Crippen LogP contribution in [0.15, 0.2) is 97.1 Å². The van der Waals surface area contributed by atoms with E-state index in [9.17, 15) is 22.8 Å². The third kappa shape index (κ3) is 9.48. The average Bonchev–Trinajstić information content (AvgIpc) is 3.03. The predicted molar refractivity (Wildman–Crippen MR) is 160 cm³/mol. The number of Topliss-reactive ketones (excluding diaryl/α,β-unsaturated/α-hetero) is 1. The summed E-state index contributed by atoms with van der Waals surface area (Å²) in [4.78, 5) is 33.5. The van der Waals surface area contributed by atoms with Gasteiger partial charge in [-0.15, -0.1) is 0 Å². The molecular formula is C34H33F3N2O5. The number of carboxylic acid groups (broad SMARTS) is 1. The van der Waals surface area contributed by atoms with Gasteiger partial charge in [-0.05, 0) is 46.5 Å². The summed E-state index contributed by atoms with van der Waals surface area (Å²) in [7, 11) is 0. The number of ketones is 1. The van der Waals surface area contributed by atoms with Crippen molar-refractivity contribution in [3.63, 3.8) is 0 Å². The summed E-state index contributed by atoms with van der Waals surface area (Å²) in [5.41, 5.74) is 3.94. The number of fused-ring (bicyclic) bond motifs is 1. The lowest BCUT2D eigenvalue weighted by molar-refractivity contribution is -0.192. The van der Waals surface area contributed by atoms with E-state index in [4.69, 9.17) is 14.6 Å². The van der Waals surface area contributed by atoms with Gasteiger partial charge in [0.1, 0.15) is 0 Å². The molecular weight excluding hydrogens is 573 g/mol. The van der Waals surface area contributed by atoms with Gasteiger partial charge in [-0.25, -0.2) is 4.79 Å². The molecule has 10 heteroatoms. The Kier molecular flexibility index (Phi) is 11.2. The monoisotopic (exact) mass is 606 g/mol. The van der Waals surface area contributed by atoms with E-state index in [1.807, 2.05) is 30.3 Å². The number of amides is 1. The Labute approximate surface area is 253 Å². The molecule has 1 amide bonds. The molecule has 0 saturated carbocycles. The van der Waals surface area contributed by atoms with Crippen LogP contribution in [0, 0.1) is 0 Å². The normalized spacial score (nSPS) is 16.4. The highest BCUT2D eigenvalue weighted by Crippen LogP contribution is 2.29. The van der Waals surface area contributed by atoms with Crippen molar-refractivity contribution in [1.82, 2.24) is 10.6 Å². The molecule has 5 rings (SSSR count). The first kappa shape index (κ1) is 32.4. The first-order valence-electron chi connectivity index (χ1n) is 14.1. The van der Waals surface area contributed by atoms with E-state index in [0.717, 1.165) is 25.1 Å². The molecule has 1 heterocycles. The number of carboxylic acids is 1. The highest BCUT2D eigenvalue weighted by Gasteiger charge is 2.38. The zero-order valence-electron chi connectivity index (χ0n) is 23.8. The minimum atomic E-state index is -5.08. The molecule has 44 heavy (non-hydrogen) atoms. The van der Waals surface area contributed by atoms with Gasteiger partial charge in [0.05, 0.1) is 25.7 Å². The smallest absolute Gasteiger partial charge is 0.475 e. The molecule has 1 aliphatic rings. The number of halogens is 3. The largest absolute Gasteiger partial charge is 0.490 e. The van der Waals surface area contributed by atoms with Crippen molar-refractivity contribution < 1.29 is 37.4 Å². The highest BCUT2D eigenvalue weighted by atomic mass is 19.4. The van der Waals surface area contributed by atoms with Gasteiger partial charge >= 0.3 is 12.1 Å². The van der Waals surface area contributed by atoms with Crippen molar-refractivity contribution in [2.75, 3.05) is 19.6 Å². The number of nitrogens with one attached hydrogen (secondary N) is 2. The Morgan fingerprint density at radius 3 is 2.18 bits per heavy atom. The molecule has 0 spiro atoms. The summed E-state index contributed by atoms with van der Waals surface area (Å²) in [6.45, 7) is 2.36. The molecule has 1 saturated heterocycles. The Morgan fingerprint density at radius 1 is 0.864 bits per heavy atom. The van der Waals surface area contributed by atoms with Gasteiger partial charge in [0, 0.05) is 18.0 Å². The van der Waals surface area contributed by atoms with Crippen LogP contribution in [0.3, 0.4) is 0 Å². The fourth-order valence-corrected chi connectivity index (χ4v) is 4.95. The van der Waals surface area contributed by atoms with E-state index >= 15 is 0 Å². The SMILES string of the molecule is O=C(Cc1ccc(C2CCNCC2OCc2ccc3ccccc3c2)cc1)NCC(=O)c1ccccc1.O=C(O)C(F)(F)F. The number of hydrogen-bond acceptors (Lipinski definition) is 5. The number of aliphatic carboxylic acids is 1. The second kappa shape index (κ2) is 15.3. The molecule has 1 aliphatic heterocycles. The van der Waals surface area contributed by atoms with Crippen LogP contribution in [0.4, 0.5) is 13.2 Å². The Bertz CT molecular complexity index is 1560. The molecule has 2 atom stereocenters. The van der Waals surface area contributed by atoms with Crippen LogP contribution in [-0.2, 0) is 27.4 Å². The minimum absolute atomic E-state index is 0.00618. The van der Waals surface area contributed by atoms with Crippen LogP contribution in [0.5, 0.6) is 0 Å². The topological polar surface area (TPSA) is 105 Å². The van der Waals surface area contributed by atoms with E-state index in [1.165, 1.54) is 21.9 Å². The van der Waals surface area contributed by atoms with Crippen molar-refractivity contribution in [1.29, 1.82) is 0 Å². The lowest BCUT2D eigenvalue weighted by Crippen LogP contribution is -2.41. The fraction of sp³-hybridized carbons (Fsp3) is 0.265. The summed E-state index contributed by atoms with van der Waals surface area (Å²) in [5, 5.41) is 15.8. The number of benzene rings is 4. The van der Waals surface area contributed by atoms with Gasteiger partial charge in [0.2, 0.25) is 5.91 Å². The number of hydrogen-bond donors (Lipinski definition) is 3. The van der Waals surface area contributed by atoms with Gasteiger partial charge in [-0.1, -0.05) is 91.0 Å². The molecule has 230 valence electrons. The number of ether oxygens (including phenoxy) is 1. The third-order valence-corrected chi connectivity index (χ3v) is 7.26. The van der Waals surface area contributed by atoms with E-state index in [0.29, 0.717) is 18.1 Å². The van der Waals surface area contributed by atoms with Gasteiger partial charge in [0.15, 0.2) is 5.78 Å². The molecule has 3 N–H and O–H groups in total. The van der Waals surface area contributed by atoms with Gasteiger partial charge in [-0.3, -0.25) is 9.59 Å². The zero-order chi connectivity index (χ0) is 31.5. The maximum atomic E-state index is 12.4. The quantitative estimate of drug-likeness (QED) is 0.212. The summed E-state index contributed by atoms with van der Waals surface area (Å²) in [6, 6.07) is 32.1. The van der Waals surface area contributed by atoms with Crippen molar-refractivity contribution in [2.24, 2.45) is 0 Å². The number of rotatable bonds is 9. The summed E-state index contributed by atoms with van der Waals surface area (Å²) in [6.07, 6.45) is -3.75. The Morgan fingerprint density at radius 2 is 1.50 bits per heavy atom. The minimum Gasteiger partial charge on any atom is -0.475 e. The fourth-order valence-electron chi connectivity index (χ4n) is 4.95. The molecule has 0 aromatic heterocycles. The molecule has 1 fully saturated rings. The summed E-state index contributed by atoms with van der Waals surface area (Å²) >= 11 is 0. The van der Waals surface area contributed by atoms with Crippen molar-refractivity contribution in [3.8, 4) is 0 Å². The van der Waals surface area contributed by atoms with Crippen LogP contribution in [0.2, 0.25) is 0 Å². The Balaban J connectivity index is 0.000000566. The van der Waals surface area contributed by atoms with E-state index in [1.54, 1.807) is 12.1 Å².